The summed E-state index contributed by atoms with van der Waals surface area (Å²) in [6, 6.07) is 9.65. The van der Waals surface area contributed by atoms with Crippen LogP contribution in [0.15, 0.2) is 36.4 Å². The summed E-state index contributed by atoms with van der Waals surface area (Å²) in [4.78, 5) is 10.5. The van der Waals surface area contributed by atoms with E-state index in [9.17, 15) is 10.1 Å². The molecule has 0 aromatic heterocycles. The number of nitrogens with zero attached hydrogens (tertiary/aromatic N) is 1. The third-order valence-corrected chi connectivity index (χ3v) is 3.73. The molecule has 0 aliphatic rings. The maximum absolute atomic E-state index is 11.0. The number of hydrogen-bond acceptors (Lipinski definition) is 4. The summed E-state index contributed by atoms with van der Waals surface area (Å²) in [5.74, 6) is 0.152. The van der Waals surface area contributed by atoms with E-state index in [0.29, 0.717) is 15.6 Å². The molecular formula is C14H12Cl2N2O3. The predicted octanol–water partition coefficient (Wildman–Crippen LogP) is 3.94. The molecule has 0 aliphatic heterocycles. The van der Waals surface area contributed by atoms with Gasteiger partial charge < -0.3 is 10.5 Å². The van der Waals surface area contributed by atoms with Crippen LogP contribution in [-0.2, 0) is 13.2 Å². The fourth-order valence-electron chi connectivity index (χ4n) is 1.77. The van der Waals surface area contributed by atoms with Gasteiger partial charge in [-0.15, -0.1) is 0 Å². The topological polar surface area (TPSA) is 78.4 Å². The lowest BCUT2D eigenvalue weighted by Gasteiger charge is -2.10. The minimum Gasteiger partial charge on any atom is -0.482 e. The highest BCUT2D eigenvalue weighted by molar-refractivity contribution is 6.42. The van der Waals surface area contributed by atoms with E-state index >= 15 is 0 Å². The average molecular weight is 327 g/mol. The molecule has 5 nitrogen and oxygen atoms in total. The molecule has 2 aromatic rings. The molecule has 0 fully saturated rings. The Morgan fingerprint density at radius 1 is 1.24 bits per heavy atom. The molecule has 2 rings (SSSR count). The van der Waals surface area contributed by atoms with Gasteiger partial charge in [-0.3, -0.25) is 10.1 Å². The lowest BCUT2D eigenvalue weighted by molar-refractivity contribution is -0.386. The van der Waals surface area contributed by atoms with E-state index in [1.54, 1.807) is 30.3 Å². The fraction of sp³-hybridized carbons (Fsp3) is 0.143. The summed E-state index contributed by atoms with van der Waals surface area (Å²) in [6.07, 6.45) is 0. The Balaban J connectivity index is 2.26. The summed E-state index contributed by atoms with van der Waals surface area (Å²) in [7, 11) is 0. The van der Waals surface area contributed by atoms with Gasteiger partial charge >= 0.3 is 5.69 Å². The number of rotatable bonds is 5. The zero-order valence-electron chi connectivity index (χ0n) is 10.9. The zero-order chi connectivity index (χ0) is 15.4. The first-order valence-corrected chi connectivity index (χ1v) is 6.81. The van der Waals surface area contributed by atoms with E-state index in [-0.39, 0.29) is 24.6 Å². The van der Waals surface area contributed by atoms with Gasteiger partial charge in [0.1, 0.15) is 6.61 Å². The van der Waals surface area contributed by atoms with E-state index in [2.05, 4.69) is 0 Å². The Morgan fingerprint density at radius 2 is 2.00 bits per heavy atom. The Kier molecular flexibility index (Phi) is 5.01. The minimum atomic E-state index is -0.505. The first-order chi connectivity index (χ1) is 10.0. The Bertz CT molecular complexity index is 677. The number of ether oxygens (including phenoxy) is 1. The van der Waals surface area contributed by atoms with Gasteiger partial charge in [0.15, 0.2) is 5.75 Å². The van der Waals surface area contributed by atoms with Crippen molar-refractivity contribution in [1.82, 2.24) is 0 Å². The highest BCUT2D eigenvalue weighted by Crippen LogP contribution is 2.31. The smallest absolute Gasteiger partial charge is 0.310 e. The Hall–Kier alpha value is -1.82. The summed E-state index contributed by atoms with van der Waals surface area (Å²) in [5.41, 5.74) is 6.81. The quantitative estimate of drug-likeness (QED) is 0.666. The average Bonchev–Trinajstić information content (AvgIpc) is 2.48. The molecule has 0 aliphatic carbocycles. The van der Waals surface area contributed by atoms with Crippen LogP contribution in [0.1, 0.15) is 11.1 Å². The fourth-order valence-corrected chi connectivity index (χ4v) is 2.14. The van der Waals surface area contributed by atoms with Crippen molar-refractivity contribution < 1.29 is 9.66 Å². The standard InChI is InChI=1S/C14H12Cl2N2O3/c15-11-3-1-2-10(14(11)16)8-21-13-6-9(7-17)4-5-12(13)18(19)20/h1-6H,7-8,17H2. The first kappa shape index (κ1) is 15.6. The van der Waals surface area contributed by atoms with Gasteiger partial charge in [-0.2, -0.15) is 0 Å². The second kappa shape index (κ2) is 6.76. The number of benzene rings is 2. The highest BCUT2D eigenvalue weighted by atomic mass is 35.5. The number of hydrogen-bond donors (Lipinski definition) is 1. The van der Waals surface area contributed by atoms with Crippen molar-refractivity contribution in [3.63, 3.8) is 0 Å². The molecule has 110 valence electrons. The number of halogens is 2. The van der Waals surface area contributed by atoms with Crippen molar-refractivity contribution in [2.24, 2.45) is 5.73 Å². The number of nitro benzene ring substituents is 1. The molecule has 0 spiro atoms. The van der Waals surface area contributed by atoms with Crippen LogP contribution in [-0.4, -0.2) is 4.92 Å². The molecule has 0 bridgehead atoms. The van der Waals surface area contributed by atoms with Gasteiger partial charge in [-0.05, 0) is 17.7 Å². The summed E-state index contributed by atoms with van der Waals surface area (Å²) < 4.78 is 5.52. The van der Waals surface area contributed by atoms with Crippen molar-refractivity contribution in [2.45, 2.75) is 13.2 Å². The van der Waals surface area contributed by atoms with Crippen LogP contribution in [0.4, 0.5) is 5.69 Å². The van der Waals surface area contributed by atoms with E-state index in [0.717, 1.165) is 5.56 Å². The van der Waals surface area contributed by atoms with Crippen molar-refractivity contribution in [3.05, 3.63) is 67.7 Å². The maximum Gasteiger partial charge on any atom is 0.310 e. The van der Waals surface area contributed by atoms with Crippen LogP contribution >= 0.6 is 23.2 Å². The highest BCUT2D eigenvalue weighted by Gasteiger charge is 2.16. The van der Waals surface area contributed by atoms with Crippen molar-refractivity contribution in [1.29, 1.82) is 0 Å². The Morgan fingerprint density at radius 3 is 2.67 bits per heavy atom. The van der Waals surface area contributed by atoms with Gasteiger partial charge in [0.25, 0.3) is 0 Å². The third kappa shape index (κ3) is 3.64. The zero-order valence-corrected chi connectivity index (χ0v) is 12.4. The van der Waals surface area contributed by atoms with Crippen molar-refractivity contribution >= 4 is 28.9 Å². The molecule has 7 heteroatoms. The van der Waals surface area contributed by atoms with Crippen LogP contribution < -0.4 is 10.5 Å². The molecule has 0 unspecified atom stereocenters. The lowest BCUT2D eigenvalue weighted by atomic mass is 10.2. The number of nitro groups is 1. The third-order valence-electron chi connectivity index (χ3n) is 2.87. The van der Waals surface area contributed by atoms with E-state index in [1.807, 2.05) is 0 Å². The lowest BCUT2D eigenvalue weighted by Crippen LogP contribution is -2.02. The molecule has 0 atom stereocenters. The van der Waals surface area contributed by atoms with Gasteiger partial charge in [0.2, 0.25) is 0 Å². The van der Waals surface area contributed by atoms with Gasteiger partial charge in [-0.1, -0.05) is 41.4 Å². The van der Waals surface area contributed by atoms with E-state index in [1.165, 1.54) is 6.07 Å². The maximum atomic E-state index is 11.0. The molecule has 0 amide bonds. The van der Waals surface area contributed by atoms with Crippen LogP contribution in [0.3, 0.4) is 0 Å². The van der Waals surface area contributed by atoms with Crippen LogP contribution in [0, 0.1) is 10.1 Å². The van der Waals surface area contributed by atoms with Gasteiger partial charge in [0.05, 0.1) is 15.0 Å². The Labute approximate surface area is 131 Å². The molecular weight excluding hydrogens is 315 g/mol. The second-order valence-corrected chi connectivity index (χ2v) is 5.05. The van der Waals surface area contributed by atoms with E-state index in [4.69, 9.17) is 33.7 Å². The predicted molar refractivity (Wildman–Crippen MR) is 81.8 cm³/mol. The first-order valence-electron chi connectivity index (χ1n) is 6.06. The van der Waals surface area contributed by atoms with Gasteiger partial charge in [-0.25, -0.2) is 0 Å². The van der Waals surface area contributed by atoms with Crippen LogP contribution in [0.25, 0.3) is 0 Å². The monoisotopic (exact) mass is 326 g/mol. The molecule has 0 heterocycles. The molecule has 2 N–H and O–H groups in total. The van der Waals surface area contributed by atoms with Gasteiger partial charge in [0, 0.05) is 18.2 Å². The second-order valence-electron chi connectivity index (χ2n) is 4.26. The van der Waals surface area contributed by atoms with Crippen LogP contribution in [0.2, 0.25) is 10.0 Å². The SMILES string of the molecule is NCc1ccc([N+](=O)[O-])c(OCc2cccc(Cl)c2Cl)c1. The molecule has 0 radical (unpaired) electrons. The molecule has 21 heavy (non-hydrogen) atoms. The molecule has 0 saturated heterocycles. The number of nitrogens with two attached hydrogens (primary N) is 1. The van der Waals surface area contributed by atoms with Crippen molar-refractivity contribution in [2.75, 3.05) is 0 Å². The minimum absolute atomic E-state index is 0.0776. The summed E-state index contributed by atoms with van der Waals surface area (Å²) in [6.45, 7) is 0.348. The molecule has 2 aromatic carbocycles. The molecule has 0 saturated carbocycles. The van der Waals surface area contributed by atoms with Crippen molar-refractivity contribution in [3.8, 4) is 5.75 Å². The van der Waals surface area contributed by atoms with E-state index < -0.39 is 4.92 Å². The summed E-state index contributed by atoms with van der Waals surface area (Å²) in [5, 5.41) is 11.8. The normalized spacial score (nSPS) is 10.4. The largest absolute Gasteiger partial charge is 0.482 e. The van der Waals surface area contributed by atoms with Crippen LogP contribution in [0.5, 0.6) is 5.75 Å². The summed E-state index contributed by atoms with van der Waals surface area (Å²) >= 11 is 12.0.